The summed E-state index contributed by atoms with van der Waals surface area (Å²) >= 11 is 0. The van der Waals surface area contributed by atoms with E-state index in [0.717, 1.165) is 0 Å². The maximum Gasteiger partial charge on any atom is 0.319 e. The number of amides is 2. The lowest BCUT2D eigenvalue weighted by molar-refractivity contribution is 0.250. The van der Waals surface area contributed by atoms with E-state index in [4.69, 9.17) is 0 Å². The molecule has 1 atom stereocenters. The van der Waals surface area contributed by atoms with Gasteiger partial charge >= 0.3 is 6.03 Å². The molecular weight excluding hydrogens is 318 g/mol. The molecular formula is C14H17N5O3S. The van der Waals surface area contributed by atoms with Crippen LogP contribution >= 0.6 is 0 Å². The van der Waals surface area contributed by atoms with Crippen LogP contribution in [0, 0.1) is 5.92 Å². The predicted molar refractivity (Wildman–Crippen MR) is 85.1 cm³/mol. The molecule has 1 aliphatic heterocycles. The first-order valence-electron chi connectivity index (χ1n) is 7.24. The van der Waals surface area contributed by atoms with Gasteiger partial charge in [0.2, 0.25) is 0 Å². The van der Waals surface area contributed by atoms with Crippen molar-refractivity contribution in [2.45, 2.75) is 6.42 Å². The third-order valence-electron chi connectivity index (χ3n) is 3.63. The van der Waals surface area contributed by atoms with Gasteiger partial charge in [0.05, 0.1) is 17.2 Å². The summed E-state index contributed by atoms with van der Waals surface area (Å²) in [6, 6.07) is 4.81. The van der Waals surface area contributed by atoms with E-state index in [1.807, 2.05) is 0 Å². The minimum absolute atomic E-state index is 0.0229. The average Bonchev–Trinajstić information content (AvgIpc) is 3.15. The number of urea groups is 1. The number of carbonyl (C=O) groups is 1. The summed E-state index contributed by atoms with van der Waals surface area (Å²) in [4.78, 5) is 16.2. The lowest BCUT2D eigenvalue weighted by Crippen LogP contribution is -2.33. The Kier molecular flexibility index (Phi) is 4.28. The van der Waals surface area contributed by atoms with Gasteiger partial charge in [-0.25, -0.2) is 22.9 Å². The van der Waals surface area contributed by atoms with Crippen LogP contribution in [0.5, 0.6) is 0 Å². The van der Waals surface area contributed by atoms with Crippen molar-refractivity contribution < 1.29 is 13.2 Å². The van der Waals surface area contributed by atoms with Crippen LogP contribution in [0.15, 0.2) is 36.8 Å². The van der Waals surface area contributed by atoms with Crippen LogP contribution in [0.4, 0.5) is 10.5 Å². The van der Waals surface area contributed by atoms with E-state index in [-0.39, 0.29) is 17.4 Å². The summed E-state index contributed by atoms with van der Waals surface area (Å²) in [6.07, 6.45) is 5.56. The molecule has 23 heavy (non-hydrogen) atoms. The average molecular weight is 335 g/mol. The number of nitrogens with one attached hydrogen (secondary N) is 2. The number of pyridine rings is 1. The van der Waals surface area contributed by atoms with Gasteiger partial charge in [-0.1, -0.05) is 0 Å². The number of carbonyl (C=O) groups excluding carboxylic acids is 1. The van der Waals surface area contributed by atoms with Gasteiger partial charge in [0.25, 0.3) is 0 Å². The van der Waals surface area contributed by atoms with E-state index in [0.29, 0.717) is 24.5 Å². The molecule has 0 aromatic carbocycles. The Bertz CT molecular complexity index is 789. The van der Waals surface area contributed by atoms with Gasteiger partial charge in [-0.2, -0.15) is 5.10 Å². The van der Waals surface area contributed by atoms with Crippen LogP contribution in [0.25, 0.3) is 5.82 Å². The molecule has 0 aliphatic carbocycles. The molecule has 2 aromatic rings. The normalized spacial score (nSPS) is 19.4. The third kappa shape index (κ3) is 3.86. The molecule has 8 nitrogen and oxygen atoms in total. The monoisotopic (exact) mass is 335 g/mol. The lowest BCUT2D eigenvalue weighted by Gasteiger charge is -2.13. The van der Waals surface area contributed by atoms with Crippen molar-refractivity contribution in [3.8, 4) is 5.82 Å². The Hall–Kier alpha value is -2.42. The summed E-state index contributed by atoms with van der Waals surface area (Å²) in [5, 5.41) is 9.53. The van der Waals surface area contributed by atoms with Crippen molar-refractivity contribution in [2.75, 3.05) is 23.4 Å². The van der Waals surface area contributed by atoms with E-state index < -0.39 is 15.9 Å². The van der Waals surface area contributed by atoms with Crippen LogP contribution in [-0.2, 0) is 9.84 Å². The summed E-state index contributed by atoms with van der Waals surface area (Å²) in [5.74, 6) is 0.826. The highest BCUT2D eigenvalue weighted by molar-refractivity contribution is 7.91. The van der Waals surface area contributed by atoms with Crippen molar-refractivity contribution >= 4 is 21.6 Å². The molecule has 1 fully saturated rings. The van der Waals surface area contributed by atoms with Crippen LogP contribution in [0.1, 0.15) is 6.42 Å². The van der Waals surface area contributed by atoms with Gasteiger partial charge in [-0.15, -0.1) is 0 Å². The molecule has 122 valence electrons. The van der Waals surface area contributed by atoms with Crippen LogP contribution in [-0.4, -0.2) is 47.3 Å². The fourth-order valence-corrected chi connectivity index (χ4v) is 4.37. The van der Waals surface area contributed by atoms with E-state index >= 15 is 0 Å². The lowest BCUT2D eigenvalue weighted by atomic mass is 10.1. The van der Waals surface area contributed by atoms with Crippen molar-refractivity contribution in [3.63, 3.8) is 0 Å². The number of nitrogens with zero attached hydrogens (tertiary/aromatic N) is 3. The Labute approximate surface area is 133 Å². The van der Waals surface area contributed by atoms with Gasteiger partial charge in [0.1, 0.15) is 0 Å². The van der Waals surface area contributed by atoms with E-state index in [9.17, 15) is 13.2 Å². The Morgan fingerprint density at radius 3 is 2.91 bits per heavy atom. The van der Waals surface area contributed by atoms with Crippen molar-refractivity contribution in [2.24, 2.45) is 5.92 Å². The fraction of sp³-hybridized carbons (Fsp3) is 0.357. The standard InChI is InChI=1S/C14H17N5O3S/c20-14(16-9-11-4-8-23(21,22)10-11)18-12-3-1-5-15-13(12)19-7-2-6-17-19/h1-3,5-7,11H,4,8-10H2,(H2,16,18,20). The Morgan fingerprint density at radius 1 is 1.35 bits per heavy atom. The highest BCUT2D eigenvalue weighted by atomic mass is 32.2. The number of sulfone groups is 1. The predicted octanol–water partition coefficient (Wildman–Crippen LogP) is 0.823. The number of anilines is 1. The molecule has 1 unspecified atom stereocenters. The molecule has 2 amide bonds. The van der Waals surface area contributed by atoms with Crippen LogP contribution in [0.2, 0.25) is 0 Å². The van der Waals surface area contributed by atoms with E-state index in [2.05, 4.69) is 20.7 Å². The first kappa shape index (κ1) is 15.5. The van der Waals surface area contributed by atoms with Gasteiger partial charge in [0, 0.05) is 25.1 Å². The van der Waals surface area contributed by atoms with Gasteiger partial charge < -0.3 is 10.6 Å². The second-order valence-corrected chi connectivity index (χ2v) is 7.66. The summed E-state index contributed by atoms with van der Waals surface area (Å²) in [5.41, 5.74) is 0.521. The maximum atomic E-state index is 12.0. The smallest absolute Gasteiger partial charge is 0.319 e. The first-order valence-corrected chi connectivity index (χ1v) is 9.06. The molecule has 3 heterocycles. The topological polar surface area (TPSA) is 106 Å². The van der Waals surface area contributed by atoms with Crippen molar-refractivity contribution in [1.82, 2.24) is 20.1 Å². The second-order valence-electron chi connectivity index (χ2n) is 5.43. The zero-order chi connectivity index (χ0) is 16.3. The molecule has 1 saturated heterocycles. The number of rotatable bonds is 4. The molecule has 0 radical (unpaired) electrons. The zero-order valence-corrected chi connectivity index (χ0v) is 13.2. The molecule has 2 N–H and O–H groups in total. The molecule has 0 saturated carbocycles. The Morgan fingerprint density at radius 2 is 2.22 bits per heavy atom. The van der Waals surface area contributed by atoms with Crippen molar-refractivity contribution in [1.29, 1.82) is 0 Å². The minimum atomic E-state index is -2.93. The third-order valence-corrected chi connectivity index (χ3v) is 5.47. The molecule has 0 spiro atoms. The summed E-state index contributed by atoms with van der Waals surface area (Å²) in [6.45, 7) is 0.336. The maximum absolute atomic E-state index is 12.0. The van der Waals surface area contributed by atoms with Crippen LogP contribution in [0.3, 0.4) is 0 Å². The second kappa shape index (κ2) is 6.37. The molecule has 0 bridgehead atoms. The highest BCUT2D eigenvalue weighted by Gasteiger charge is 2.27. The molecule has 2 aromatic heterocycles. The quantitative estimate of drug-likeness (QED) is 0.860. The fourth-order valence-electron chi connectivity index (χ4n) is 2.51. The highest BCUT2D eigenvalue weighted by Crippen LogP contribution is 2.18. The van der Waals surface area contributed by atoms with Gasteiger partial charge in [-0.3, -0.25) is 0 Å². The first-order chi connectivity index (χ1) is 11.0. The summed E-state index contributed by atoms with van der Waals surface area (Å²) < 4.78 is 24.4. The van der Waals surface area contributed by atoms with Gasteiger partial charge in [0.15, 0.2) is 15.7 Å². The Balaban J connectivity index is 1.61. The van der Waals surface area contributed by atoms with Crippen molar-refractivity contribution in [3.05, 3.63) is 36.8 Å². The molecule has 1 aliphatic rings. The van der Waals surface area contributed by atoms with E-state index in [1.165, 1.54) is 0 Å². The SMILES string of the molecule is O=C(NCC1CCS(=O)(=O)C1)Nc1cccnc1-n1cccn1. The zero-order valence-electron chi connectivity index (χ0n) is 12.3. The molecule has 3 rings (SSSR count). The van der Waals surface area contributed by atoms with Crippen LogP contribution < -0.4 is 10.6 Å². The minimum Gasteiger partial charge on any atom is -0.338 e. The molecule has 9 heteroatoms. The summed E-state index contributed by atoms with van der Waals surface area (Å²) in [7, 11) is -2.93. The number of hydrogen-bond donors (Lipinski definition) is 2. The number of hydrogen-bond acceptors (Lipinski definition) is 5. The number of aromatic nitrogens is 3. The van der Waals surface area contributed by atoms with Gasteiger partial charge in [-0.05, 0) is 30.5 Å². The largest absolute Gasteiger partial charge is 0.338 e. The van der Waals surface area contributed by atoms with E-state index in [1.54, 1.807) is 41.5 Å².